The molecule has 0 radical (unpaired) electrons. The second kappa shape index (κ2) is 6.86. The number of hydrogen-bond acceptors (Lipinski definition) is 4. The highest BCUT2D eigenvalue weighted by atomic mass is 35.5. The van der Waals surface area contributed by atoms with Crippen LogP contribution in [0, 0.1) is 5.92 Å². The molecule has 1 heterocycles. The van der Waals surface area contributed by atoms with E-state index < -0.39 is 33.9 Å². The summed E-state index contributed by atoms with van der Waals surface area (Å²) >= 11 is 5.72. The Morgan fingerprint density at radius 1 is 1.35 bits per heavy atom. The first-order valence-electron chi connectivity index (χ1n) is 7.00. The van der Waals surface area contributed by atoms with Crippen LogP contribution in [0.15, 0.2) is 29.2 Å². The SMILES string of the molecule is CC(NS(=O)(=O)c1ccc(Cl)cc1)C(=O)N1CCC(C(=O)O)C1. The first kappa shape index (κ1) is 17.7. The zero-order valence-corrected chi connectivity index (χ0v) is 14.0. The standard InChI is InChI=1S/C14H17ClN2O5S/c1-9(13(18)17-7-6-10(8-17)14(19)20)16-23(21,22)12-4-2-11(15)3-5-12/h2-5,9-10,16H,6-8H2,1H3,(H,19,20). The number of hydrogen-bond donors (Lipinski definition) is 2. The van der Waals surface area contributed by atoms with Crippen molar-refractivity contribution in [3.63, 3.8) is 0 Å². The highest BCUT2D eigenvalue weighted by molar-refractivity contribution is 7.89. The highest BCUT2D eigenvalue weighted by Gasteiger charge is 2.34. The Kier molecular flexibility index (Phi) is 5.28. The lowest BCUT2D eigenvalue weighted by molar-refractivity contribution is -0.141. The molecule has 0 aromatic heterocycles. The van der Waals surface area contributed by atoms with Gasteiger partial charge in [0.05, 0.1) is 16.9 Å². The third kappa shape index (κ3) is 4.21. The van der Waals surface area contributed by atoms with Crippen molar-refractivity contribution < 1.29 is 23.1 Å². The number of carbonyl (C=O) groups is 2. The third-order valence-electron chi connectivity index (χ3n) is 3.68. The number of aliphatic carboxylic acids is 1. The predicted molar refractivity (Wildman–Crippen MR) is 83.6 cm³/mol. The van der Waals surface area contributed by atoms with E-state index in [9.17, 15) is 18.0 Å². The van der Waals surface area contributed by atoms with E-state index in [1.807, 2.05) is 0 Å². The first-order valence-corrected chi connectivity index (χ1v) is 8.86. The molecule has 0 saturated carbocycles. The molecule has 9 heteroatoms. The molecule has 1 fully saturated rings. The van der Waals surface area contributed by atoms with Gasteiger partial charge in [-0.3, -0.25) is 9.59 Å². The molecule has 1 aliphatic heterocycles. The normalized spacial score (nSPS) is 19.6. The third-order valence-corrected chi connectivity index (χ3v) is 5.48. The smallest absolute Gasteiger partial charge is 0.308 e. The number of halogens is 1. The van der Waals surface area contributed by atoms with Crippen molar-refractivity contribution in [1.82, 2.24) is 9.62 Å². The van der Waals surface area contributed by atoms with Gasteiger partial charge in [0, 0.05) is 18.1 Å². The van der Waals surface area contributed by atoms with Crippen LogP contribution in [0.1, 0.15) is 13.3 Å². The molecule has 7 nitrogen and oxygen atoms in total. The number of carboxylic acid groups (broad SMARTS) is 1. The molecule has 2 rings (SSSR count). The quantitative estimate of drug-likeness (QED) is 0.813. The minimum atomic E-state index is -3.85. The number of benzene rings is 1. The van der Waals surface area contributed by atoms with Crippen LogP contribution in [0.4, 0.5) is 0 Å². The van der Waals surface area contributed by atoms with E-state index in [0.29, 0.717) is 18.0 Å². The largest absolute Gasteiger partial charge is 0.481 e. The highest BCUT2D eigenvalue weighted by Crippen LogP contribution is 2.18. The van der Waals surface area contributed by atoms with Gasteiger partial charge >= 0.3 is 5.97 Å². The molecule has 0 spiro atoms. The summed E-state index contributed by atoms with van der Waals surface area (Å²) in [6, 6.07) is 4.60. The van der Waals surface area contributed by atoms with Gasteiger partial charge in [0.25, 0.3) is 0 Å². The molecule has 1 aromatic carbocycles. The van der Waals surface area contributed by atoms with Crippen LogP contribution >= 0.6 is 11.6 Å². The van der Waals surface area contributed by atoms with Crippen molar-refractivity contribution in [3.8, 4) is 0 Å². The zero-order chi connectivity index (χ0) is 17.2. The Morgan fingerprint density at radius 2 is 1.96 bits per heavy atom. The van der Waals surface area contributed by atoms with Gasteiger partial charge in [-0.2, -0.15) is 4.72 Å². The molecule has 0 aliphatic carbocycles. The zero-order valence-electron chi connectivity index (χ0n) is 12.4. The summed E-state index contributed by atoms with van der Waals surface area (Å²) in [6.45, 7) is 1.84. The summed E-state index contributed by atoms with van der Waals surface area (Å²) in [7, 11) is -3.85. The number of carbonyl (C=O) groups excluding carboxylic acids is 1. The second-order valence-corrected chi connectivity index (χ2v) is 7.56. The first-order chi connectivity index (χ1) is 10.7. The molecular weight excluding hydrogens is 344 g/mol. The molecule has 2 unspecified atom stereocenters. The van der Waals surface area contributed by atoms with E-state index in [4.69, 9.17) is 16.7 Å². The van der Waals surface area contributed by atoms with Crippen LogP contribution in [0.25, 0.3) is 0 Å². The van der Waals surface area contributed by atoms with Gasteiger partial charge in [0.2, 0.25) is 15.9 Å². The van der Waals surface area contributed by atoms with Crippen LogP contribution in [0.5, 0.6) is 0 Å². The molecule has 1 aromatic rings. The average molecular weight is 361 g/mol. The van der Waals surface area contributed by atoms with Gasteiger partial charge in [-0.25, -0.2) is 8.42 Å². The van der Waals surface area contributed by atoms with Crippen LogP contribution in [0.3, 0.4) is 0 Å². The maximum atomic E-state index is 12.3. The average Bonchev–Trinajstić information content (AvgIpc) is 2.96. The Hall–Kier alpha value is -1.64. The van der Waals surface area contributed by atoms with Gasteiger partial charge in [-0.15, -0.1) is 0 Å². The van der Waals surface area contributed by atoms with Crippen LogP contribution < -0.4 is 4.72 Å². The number of amides is 1. The van der Waals surface area contributed by atoms with Crippen molar-refractivity contribution in [2.75, 3.05) is 13.1 Å². The van der Waals surface area contributed by atoms with E-state index >= 15 is 0 Å². The number of nitrogens with one attached hydrogen (secondary N) is 1. The van der Waals surface area contributed by atoms with E-state index in [1.165, 1.54) is 36.1 Å². The molecule has 2 atom stereocenters. The fourth-order valence-electron chi connectivity index (χ4n) is 2.40. The van der Waals surface area contributed by atoms with E-state index in [-0.39, 0.29) is 11.4 Å². The number of likely N-dealkylation sites (tertiary alicyclic amines) is 1. The van der Waals surface area contributed by atoms with Crippen molar-refractivity contribution in [2.24, 2.45) is 5.92 Å². The second-order valence-electron chi connectivity index (χ2n) is 5.40. The molecular formula is C14H17ClN2O5S. The molecule has 1 aliphatic rings. The Bertz CT molecular complexity index is 704. The maximum absolute atomic E-state index is 12.3. The summed E-state index contributed by atoms with van der Waals surface area (Å²) in [5, 5.41) is 9.36. The molecule has 126 valence electrons. The maximum Gasteiger partial charge on any atom is 0.308 e. The van der Waals surface area contributed by atoms with Gasteiger partial charge in [0.1, 0.15) is 0 Å². The van der Waals surface area contributed by atoms with Gasteiger partial charge in [-0.1, -0.05) is 11.6 Å². The lowest BCUT2D eigenvalue weighted by Crippen LogP contribution is -2.46. The van der Waals surface area contributed by atoms with Gasteiger partial charge in [0.15, 0.2) is 0 Å². The summed E-state index contributed by atoms with van der Waals surface area (Å²) in [4.78, 5) is 24.6. The van der Waals surface area contributed by atoms with Gasteiger partial charge in [-0.05, 0) is 37.6 Å². The Balaban J connectivity index is 2.03. The van der Waals surface area contributed by atoms with E-state index in [2.05, 4.69) is 4.72 Å². The molecule has 1 amide bonds. The lowest BCUT2D eigenvalue weighted by Gasteiger charge is -2.21. The Morgan fingerprint density at radius 3 is 2.48 bits per heavy atom. The van der Waals surface area contributed by atoms with Crippen molar-refractivity contribution in [1.29, 1.82) is 0 Å². The molecule has 0 bridgehead atoms. The minimum Gasteiger partial charge on any atom is -0.481 e. The fraction of sp³-hybridized carbons (Fsp3) is 0.429. The van der Waals surface area contributed by atoms with Gasteiger partial charge < -0.3 is 10.0 Å². The van der Waals surface area contributed by atoms with Crippen LogP contribution in [-0.4, -0.2) is 49.4 Å². The van der Waals surface area contributed by atoms with E-state index in [1.54, 1.807) is 0 Å². The molecule has 23 heavy (non-hydrogen) atoms. The number of rotatable bonds is 5. The van der Waals surface area contributed by atoms with E-state index in [0.717, 1.165) is 0 Å². The molecule has 2 N–H and O–H groups in total. The summed E-state index contributed by atoms with van der Waals surface area (Å²) in [6.07, 6.45) is 0.373. The number of sulfonamides is 1. The van der Waals surface area contributed by atoms with Crippen molar-refractivity contribution in [2.45, 2.75) is 24.3 Å². The van der Waals surface area contributed by atoms with Crippen molar-refractivity contribution >= 4 is 33.5 Å². The number of carboxylic acids is 1. The summed E-state index contributed by atoms with van der Waals surface area (Å²) in [5.74, 6) is -1.99. The number of nitrogens with zero attached hydrogens (tertiary/aromatic N) is 1. The van der Waals surface area contributed by atoms with Crippen LogP contribution in [-0.2, 0) is 19.6 Å². The van der Waals surface area contributed by atoms with Crippen molar-refractivity contribution in [3.05, 3.63) is 29.3 Å². The van der Waals surface area contributed by atoms with Crippen LogP contribution in [0.2, 0.25) is 5.02 Å². The summed E-state index contributed by atoms with van der Waals surface area (Å²) < 4.78 is 26.8. The Labute approximate surface area is 139 Å². The fourth-order valence-corrected chi connectivity index (χ4v) is 3.72. The minimum absolute atomic E-state index is 0.00591. The summed E-state index contributed by atoms with van der Waals surface area (Å²) in [5.41, 5.74) is 0. The lowest BCUT2D eigenvalue weighted by atomic mass is 10.1. The predicted octanol–water partition coefficient (Wildman–Crippen LogP) is 0.940. The molecule has 1 saturated heterocycles. The topological polar surface area (TPSA) is 104 Å². The monoisotopic (exact) mass is 360 g/mol.